The van der Waals surface area contributed by atoms with Gasteiger partial charge in [-0.25, -0.2) is 8.42 Å². The molecule has 0 aliphatic rings. The van der Waals surface area contributed by atoms with Crippen LogP contribution in [0.1, 0.15) is 18.1 Å². The van der Waals surface area contributed by atoms with Crippen molar-refractivity contribution in [2.24, 2.45) is 0 Å². The summed E-state index contributed by atoms with van der Waals surface area (Å²) in [4.78, 5) is 29.2. The molecule has 42 heavy (non-hydrogen) atoms. The number of hydrogen-bond acceptors (Lipinski definition) is 4. The molecule has 0 aromatic heterocycles. The molecule has 7 nitrogen and oxygen atoms in total. The van der Waals surface area contributed by atoms with Crippen LogP contribution in [0.5, 0.6) is 0 Å². The molecular weight excluding hydrogens is 593 g/mol. The number of amides is 2. The highest BCUT2D eigenvalue weighted by molar-refractivity contribution is 7.92. The second-order valence-electron chi connectivity index (χ2n) is 9.55. The average Bonchev–Trinajstić information content (AvgIpc) is 2.99. The zero-order valence-corrected chi connectivity index (χ0v) is 25.3. The first-order chi connectivity index (χ1) is 20.2. The van der Waals surface area contributed by atoms with E-state index in [4.69, 9.17) is 23.2 Å². The van der Waals surface area contributed by atoms with Crippen LogP contribution < -0.4 is 9.62 Å². The number of benzene rings is 4. The van der Waals surface area contributed by atoms with E-state index >= 15 is 0 Å². The first kappa shape index (κ1) is 31.1. The van der Waals surface area contributed by atoms with E-state index in [2.05, 4.69) is 5.32 Å². The first-order valence-electron chi connectivity index (χ1n) is 13.4. The zero-order valence-electron chi connectivity index (χ0n) is 23.0. The van der Waals surface area contributed by atoms with Crippen LogP contribution >= 0.6 is 23.2 Å². The Balaban J connectivity index is 1.77. The Morgan fingerprint density at radius 1 is 0.762 bits per heavy atom. The monoisotopic (exact) mass is 623 g/mol. The van der Waals surface area contributed by atoms with Crippen LogP contribution in [-0.4, -0.2) is 44.3 Å². The largest absolute Gasteiger partial charge is 0.355 e. The summed E-state index contributed by atoms with van der Waals surface area (Å²) in [5.74, 6) is -0.881. The third-order valence-electron chi connectivity index (χ3n) is 6.61. The molecule has 0 aliphatic heterocycles. The van der Waals surface area contributed by atoms with Crippen molar-refractivity contribution in [1.82, 2.24) is 10.2 Å². The maximum Gasteiger partial charge on any atom is 0.264 e. The van der Waals surface area contributed by atoms with E-state index in [9.17, 15) is 18.0 Å². The van der Waals surface area contributed by atoms with Gasteiger partial charge in [-0.05, 0) is 66.6 Å². The lowest BCUT2D eigenvalue weighted by atomic mass is 10.0. The summed E-state index contributed by atoms with van der Waals surface area (Å²) in [7, 11) is -4.18. The first-order valence-corrected chi connectivity index (χ1v) is 15.6. The van der Waals surface area contributed by atoms with E-state index in [1.54, 1.807) is 61.5 Å². The van der Waals surface area contributed by atoms with Gasteiger partial charge >= 0.3 is 0 Å². The maximum absolute atomic E-state index is 14.3. The summed E-state index contributed by atoms with van der Waals surface area (Å²) in [5, 5.41) is 3.76. The normalized spacial score (nSPS) is 11.9. The number of nitrogens with zero attached hydrogens (tertiary/aromatic N) is 2. The van der Waals surface area contributed by atoms with Crippen molar-refractivity contribution in [3.63, 3.8) is 0 Å². The van der Waals surface area contributed by atoms with Gasteiger partial charge in [-0.15, -0.1) is 0 Å². The molecule has 0 radical (unpaired) electrons. The van der Waals surface area contributed by atoms with Crippen molar-refractivity contribution < 1.29 is 18.0 Å². The van der Waals surface area contributed by atoms with Crippen LogP contribution in [0.25, 0.3) is 0 Å². The lowest BCUT2D eigenvalue weighted by Gasteiger charge is -2.33. The Labute approximate surface area is 256 Å². The topological polar surface area (TPSA) is 86.8 Å². The second-order valence-corrected chi connectivity index (χ2v) is 12.3. The third-order valence-corrected chi connectivity index (χ3v) is 8.90. The van der Waals surface area contributed by atoms with Crippen molar-refractivity contribution in [2.45, 2.75) is 30.8 Å². The van der Waals surface area contributed by atoms with Crippen LogP contribution in [0, 0.1) is 0 Å². The molecule has 0 fully saturated rings. The quantitative estimate of drug-likeness (QED) is 0.211. The van der Waals surface area contributed by atoms with E-state index in [1.165, 1.54) is 29.2 Å². The minimum Gasteiger partial charge on any atom is -0.355 e. The molecule has 1 unspecified atom stereocenters. The molecule has 4 rings (SSSR count). The highest BCUT2D eigenvalue weighted by Gasteiger charge is 2.34. The van der Waals surface area contributed by atoms with Crippen molar-refractivity contribution in [3.05, 3.63) is 130 Å². The van der Waals surface area contributed by atoms with E-state index in [1.807, 2.05) is 30.3 Å². The van der Waals surface area contributed by atoms with E-state index in [0.29, 0.717) is 22.3 Å². The molecule has 0 heterocycles. The molecule has 2 amide bonds. The number of nitrogens with one attached hydrogen (secondary N) is 1. The van der Waals surface area contributed by atoms with Crippen molar-refractivity contribution in [1.29, 1.82) is 0 Å². The number of para-hydroxylation sites is 1. The molecule has 0 aliphatic carbocycles. The van der Waals surface area contributed by atoms with Gasteiger partial charge in [0.05, 0.1) is 10.6 Å². The van der Waals surface area contributed by atoms with Gasteiger partial charge in [-0.2, -0.15) is 0 Å². The predicted molar refractivity (Wildman–Crippen MR) is 167 cm³/mol. The van der Waals surface area contributed by atoms with Crippen LogP contribution in [0.2, 0.25) is 10.0 Å². The summed E-state index contributed by atoms with van der Waals surface area (Å²) in [6, 6.07) is 29.6. The average molecular weight is 625 g/mol. The fraction of sp³-hybridized carbons (Fsp3) is 0.188. The number of hydrogen-bond donors (Lipinski definition) is 1. The molecule has 1 N–H and O–H groups in total. The van der Waals surface area contributed by atoms with Crippen LogP contribution in [0.3, 0.4) is 0 Å². The minimum atomic E-state index is -4.18. The molecule has 0 saturated carbocycles. The predicted octanol–water partition coefficient (Wildman–Crippen LogP) is 5.96. The summed E-state index contributed by atoms with van der Waals surface area (Å²) in [5.41, 5.74) is 1.91. The Morgan fingerprint density at radius 3 is 1.88 bits per heavy atom. The molecule has 1 atom stereocenters. The number of carbonyl (C=O) groups excluding carboxylic acids is 2. The highest BCUT2D eigenvalue weighted by Crippen LogP contribution is 2.26. The lowest BCUT2D eigenvalue weighted by molar-refractivity contribution is -0.140. The van der Waals surface area contributed by atoms with Gasteiger partial charge in [-0.1, -0.05) is 83.9 Å². The second kappa shape index (κ2) is 14.4. The van der Waals surface area contributed by atoms with Gasteiger partial charge in [0.2, 0.25) is 11.8 Å². The van der Waals surface area contributed by atoms with E-state index < -0.39 is 28.5 Å². The number of sulfonamides is 1. The summed E-state index contributed by atoms with van der Waals surface area (Å²) < 4.78 is 28.9. The summed E-state index contributed by atoms with van der Waals surface area (Å²) in [6.07, 6.45) is 0.237. The number of rotatable bonds is 12. The highest BCUT2D eigenvalue weighted by atomic mass is 35.5. The number of likely N-dealkylation sites (N-methyl/N-ethyl adjacent to an activating group) is 1. The van der Waals surface area contributed by atoms with E-state index in [0.717, 1.165) is 15.4 Å². The summed E-state index contributed by atoms with van der Waals surface area (Å²) >= 11 is 12.1. The standard InChI is InChI=1S/C32H31Cl2N3O4S/c1-2-35-32(39)30(21-24-9-5-3-6-10-24)36(22-25-13-15-26(33)16-14-25)31(38)23-37(28-11-7-4-8-12-28)42(40,41)29-19-17-27(34)18-20-29/h3-20,30H,2,21-23H2,1H3,(H,35,39). The van der Waals surface area contributed by atoms with E-state index in [-0.39, 0.29) is 23.8 Å². The fourth-order valence-corrected chi connectivity index (χ4v) is 6.16. The Morgan fingerprint density at radius 2 is 1.31 bits per heavy atom. The minimum absolute atomic E-state index is 0.0163. The number of halogens is 2. The third kappa shape index (κ3) is 7.91. The molecule has 10 heteroatoms. The van der Waals surface area contributed by atoms with Gasteiger partial charge < -0.3 is 10.2 Å². The molecule has 4 aromatic rings. The van der Waals surface area contributed by atoms with Crippen molar-refractivity contribution in [3.8, 4) is 0 Å². The van der Waals surface area contributed by atoms with Crippen LogP contribution in [-0.2, 0) is 32.6 Å². The Hall–Kier alpha value is -3.85. The molecule has 4 aromatic carbocycles. The van der Waals surface area contributed by atoms with Gasteiger partial charge in [0.25, 0.3) is 10.0 Å². The summed E-state index contributed by atoms with van der Waals surface area (Å²) in [6.45, 7) is 1.70. The zero-order chi connectivity index (χ0) is 30.1. The lowest BCUT2D eigenvalue weighted by Crippen LogP contribution is -2.53. The molecule has 218 valence electrons. The number of anilines is 1. The fourth-order valence-electron chi connectivity index (χ4n) is 4.49. The molecular formula is C32H31Cl2N3O4S. The molecule has 0 spiro atoms. The Kier molecular flexibility index (Phi) is 10.6. The molecule has 0 bridgehead atoms. The van der Waals surface area contributed by atoms with Crippen LogP contribution in [0.4, 0.5) is 5.69 Å². The van der Waals surface area contributed by atoms with Gasteiger partial charge in [0, 0.05) is 29.6 Å². The molecule has 0 saturated heterocycles. The van der Waals surface area contributed by atoms with Gasteiger partial charge in [0.1, 0.15) is 12.6 Å². The van der Waals surface area contributed by atoms with Crippen molar-refractivity contribution in [2.75, 3.05) is 17.4 Å². The smallest absolute Gasteiger partial charge is 0.264 e. The number of carbonyl (C=O) groups is 2. The maximum atomic E-state index is 14.3. The van der Waals surface area contributed by atoms with Crippen LogP contribution in [0.15, 0.2) is 114 Å². The van der Waals surface area contributed by atoms with Gasteiger partial charge in [0.15, 0.2) is 0 Å². The SMILES string of the molecule is CCNC(=O)C(Cc1ccccc1)N(Cc1ccc(Cl)cc1)C(=O)CN(c1ccccc1)S(=O)(=O)c1ccc(Cl)cc1. The van der Waals surface area contributed by atoms with Gasteiger partial charge in [-0.3, -0.25) is 13.9 Å². The van der Waals surface area contributed by atoms with Crippen molar-refractivity contribution >= 4 is 50.7 Å². The Bertz CT molecular complexity index is 1580.